The normalized spacial score (nSPS) is 58.2. The van der Waals surface area contributed by atoms with Crippen molar-refractivity contribution in [3.63, 3.8) is 0 Å². The largest absolute Gasteiger partial charge is 0.459 e. The maximum atomic E-state index is 13.6. The number of aliphatic hydroxyl groups excluding tert-OH is 1. The minimum atomic E-state index is -0.935. The van der Waals surface area contributed by atoms with Crippen LogP contribution < -0.4 is 0 Å². The molecule has 0 aromatic carbocycles. The van der Waals surface area contributed by atoms with Gasteiger partial charge in [-0.05, 0) is 88.2 Å². The molecule has 7 rings (SSSR count). The number of hydrogen-bond acceptors (Lipinski definition) is 8. The van der Waals surface area contributed by atoms with Gasteiger partial charge in [0.2, 0.25) is 0 Å². The monoisotopic (exact) mass is 528 g/mol. The van der Waals surface area contributed by atoms with E-state index in [0.29, 0.717) is 0 Å². The second-order valence-electron chi connectivity index (χ2n) is 13.8. The second kappa shape index (κ2) is 7.70. The van der Waals surface area contributed by atoms with Crippen LogP contribution in [0.5, 0.6) is 0 Å². The van der Waals surface area contributed by atoms with E-state index in [0.717, 1.165) is 38.5 Å². The third-order valence-corrected chi connectivity index (χ3v) is 12.7. The van der Waals surface area contributed by atoms with E-state index < -0.39 is 34.4 Å². The van der Waals surface area contributed by atoms with Crippen LogP contribution in [0.1, 0.15) is 73.1 Å². The molecule has 0 aromatic rings. The number of rotatable bonds is 2. The van der Waals surface area contributed by atoms with E-state index in [2.05, 4.69) is 6.92 Å². The molecule has 1 N–H and O–H groups in total. The highest BCUT2D eigenvalue weighted by Gasteiger charge is 2.83. The van der Waals surface area contributed by atoms with Crippen LogP contribution in [0.4, 0.5) is 0 Å². The third kappa shape index (κ3) is 2.75. The van der Waals surface area contributed by atoms with Crippen LogP contribution in [0.3, 0.4) is 0 Å². The summed E-state index contributed by atoms with van der Waals surface area (Å²) in [6.45, 7) is 9.47. The Morgan fingerprint density at radius 2 is 1.82 bits per heavy atom. The number of ether oxygens (including phenoxy) is 4. The Labute approximate surface area is 223 Å². The van der Waals surface area contributed by atoms with E-state index in [1.54, 1.807) is 12.2 Å². The highest BCUT2D eigenvalue weighted by Crippen LogP contribution is 2.76. The van der Waals surface area contributed by atoms with Crippen LogP contribution in [0.15, 0.2) is 12.2 Å². The first-order valence-corrected chi connectivity index (χ1v) is 14.5. The predicted molar refractivity (Wildman–Crippen MR) is 133 cm³/mol. The Kier molecular flexibility index (Phi) is 5.11. The molecule has 0 aromatic heterocycles. The minimum absolute atomic E-state index is 0.0499. The molecule has 0 unspecified atom stereocenters. The molecule has 0 radical (unpaired) electrons. The molecule has 38 heavy (non-hydrogen) atoms. The topological polar surface area (TPSA) is 112 Å². The maximum absolute atomic E-state index is 13.6. The van der Waals surface area contributed by atoms with E-state index in [-0.39, 0.29) is 65.4 Å². The molecule has 8 heteroatoms. The fourth-order valence-corrected chi connectivity index (χ4v) is 10.6. The van der Waals surface area contributed by atoms with Gasteiger partial charge in [0.1, 0.15) is 17.3 Å². The molecular weight excluding hydrogens is 488 g/mol. The van der Waals surface area contributed by atoms with Gasteiger partial charge in [-0.1, -0.05) is 13.8 Å². The van der Waals surface area contributed by atoms with Gasteiger partial charge in [0.05, 0.1) is 17.4 Å². The summed E-state index contributed by atoms with van der Waals surface area (Å²) < 4.78 is 24.5. The number of epoxide rings is 1. The molecule has 7 aliphatic rings. The molecule has 3 aliphatic heterocycles. The summed E-state index contributed by atoms with van der Waals surface area (Å²) in [5.41, 5.74) is -2.75. The standard InChI is InChI=1S/C30H40O8/c1-14-12-23(36-25(33)15(14)2)28(5)20-7-6-19-17-13-24-30(37-24)22(35-16(3)31)9-8-21(32)27(30,4)18(17)10-11-29(19,20)26(34)38-28/h8-9,14-15,17-20,22-24,26,34H,6-7,10-13H2,1-5H3/t14-,15+,17+,18-,19-,20+,22-,23+,24+,26+,27-,28+,29+,30+/m0/s1. The summed E-state index contributed by atoms with van der Waals surface area (Å²) >= 11 is 0. The van der Waals surface area contributed by atoms with E-state index in [1.165, 1.54) is 6.92 Å². The number of carbonyl (C=O) groups is 3. The Balaban J connectivity index is 1.22. The zero-order chi connectivity index (χ0) is 27.0. The lowest BCUT2D eigenvalue weighted by Crippen LogP contribution is -2.64. The first-order valence-electron chi connectivity index (χ1n) is 14.5. The molecular formula is C30H40O8. The van der Waals surface area contributed by atoms with Crippen molar-refractivity contribution < 1.29 is 38.4 Å². The van der Waals surface area contributed by atoms with Crippen LogP contribution in [0.25, 0.3) is 0 Å². The van der Waals surface area contributed by atoms with Gasteiger partial charge in [0.25, 0.3) is 0 Å². The number of cyclic esters (lactones) is 1. The van der Waals surface area contributed by atoms with Crippen molar-refractivity contribution in [2.45, 2.75) is 109 Å². The fourth-order valence-electron chi connectivity index (χ4n) is 10.6. The molecule has 3 saturated heterocycles. The molecule has 3 saturated carbocycles. The highest BCUT2D eigenvalue weighted by molar-refractivity contribution is 5.98. The van der Waals surface area contributed by atoms with Crippen molar-refractivity contribution >= 4 is 17.7 Å². The van der Waals surface area contributed by atoms with Crippen LogP contribution in [0, 0.1) is 46.3 Å². The zero-order valence-electron chi connectivity index (χ0n) is 23.0. The molecule has 0 bridgehead atoms. The van der Waals surface area contributed by atoms with Crippen LogP contribution in [0.2, 0.25) is 0 Å². The number of allylic oxidation sites excluding steroid dienone is 1. The zero-order valence-corrected chi connectivity index (χ0v) is 23.0. The molecule has 208 valence electrons. The van der Waals surface area contributed by atoms with Crippen molar-refractivity contribution in [3.8, 4) is 0 Å². The summed E-state index contributed by atoms with van der Waals surface area (Å²) in [6.07, 6.45) is 6.14. The number of fused-ring (bicyclic) bond motifs is 3. The van der Waals surface area contributed by atoms with Gasteiger partial charge in [-0.3, -0.25) is 14.4 Å². The lowest BCUT2D eigenvalue weighted by atomic mass is 9.44. The van der Waals surface area contributed by atoms with Crippen molar-refractivity contribution in [1.29, 1.82) is 0 Å². The van der Waals surface area contributed by atoms with E-state index in [1.807, 2.05) is 20.8 Å². The Morgan fingerprint density at radius 1 is 1.05 bits per heavy atom. The first kappa shape index (κ1) is 25.2. The summed E-state index contributed by atoms with van der Waals surface area (Å²) in [4.78, 5) is 38.2. The minimum Gasteiger partial charge on any atom is -0.459 e. The predicted octanol–water partition coefficient (Wildman–Crippen LogP) is 3.34. The number of aliphatic hydroxyl groups is 1. The first-order chi connectivity index (χ1) is 17.9. The van der Waals surface area contributed by atoms with E-state index in [4.69, 9.17) is 18.9 Å². The van der Waals surface area contributed by atoms with Crippen LogP contribution >= 0.6 is 0 Å². The fraction of sp³-hybridized carbons (Fsp3) is 0.833. The summed E-state index contributed by atoms with van der Waals surface area (Å²) in [6, 6.07) is 0. The Bertz CT molecular complexity index is 1130. The molecule has 4 aliphatic carbocycles. The van der Waals surface area contributed by atoms with Gasteiger partial charge in [0.15, 0.2) is 18.2 Å². The molecule has 6 fully saturated rings. The Hall–Kier alpha value is -1.77. The van der Waals surface area contributed by atoms with Crippen molar-refractivity contribution in [3.05, 3.63) is 12.2 Å². The van der Waals surface area contributed by atoms with Crippen molar-refractivity contribution in [2.24, 2.45) is 46.3 Å². The van der Waals surface area contributed by atoms with Gasteiger partial charge in [-0.15, -0.1) is 0 Å². The third-order valence-electron chi connectivity index (χ3n) is 12.7. The highest BCUT2D eigenvalue weighted by atomic mass is 16.7. The van der Waals surface area contributed by atoms with Gasteiger partial charge < -0.3 is 24.1 Å². The van der Waals surface area contributed by atoms with Gasteiger partial charge in [-0.2, -0.15) is 0 Å². The lowest BCUT2D eigenvalue weighted by Gasteiger charge is -2.58. The molecule has 14 atom stereocenters. The summed E-state index contributed by atoms with van der Waals surface area (Å²) in [7, 11) is 0. The SMILES string of the molecule is CC(=O)O[C@H]1C=CC(=O)[C@]2(C)[C@H]3CC[C@]45[C@H](O)O[C@@](C)([C@H]6C[C@H](C)[C@@H](C)C(=O)O6)[C@H]4CC[C@H]5[C@@H]3C[C@H]3O[C@]132. The number of ketones is 1. The second-order valence-corrected chi connectivity index (χ2v) is 13.8. The van der Waals surface area contributed by atoms with Crippen LogP contribution in [-0.4, -0.2) is 58.6 Å². The summed E-state index contributed by atoms with van der Waals surface area (Å²) in [5, 5.41) is 11.7. The molecule has 2 spiro atoms. The number of carbonyl (C=O) groups excluding carboxylic acids is 3. The maximum Gasteiger partial charge on any atom is 0.309 e. The lowest BCUT2D eigenvalue weighted by molar-refractivity contribution is -0.226. The van der Waals surface area contributed by atoms with Gasteiger partial charge >= 0.3 is 11.9 Å². The molecule has 3 heterocycles. The van der Waals surface area contributed by atoms with Crippen molar-refractivity contribution in [1.82, 2.24) is 0 Å². The number of hydrogen-bond donors (Lipinski definition) is 1. The van der Waals surface area contributed by atoms with Gasteiger partial charge in [-0.25, -0.2) is 0 Å². The van der Waals surface area contributed by atoms with E-state index in [9.17, 15) is 19.5 Å². The average molecular weight is 529 g/mol. The van der Waals surface area contributed by atoms with Gasteiger partial charge in [0, 0.05) is 18.3 Å². The summed E-state index contributed by atoms with van der Waals surface area (Å²) in [5.74, 6) is 0.0720. The van der Waals surface area contributed by atoms with Crippen LogP contribution in [-0.2, 0) is 33.3 Å². The van der Waals surface area contributed by atoms with E-state index >= 15 is 0 Å². The van der Waals surface area contributed by atoms with Crippen molar-refractivity contribution in [2.75, 3.05) is 0 Å². The average Bonchev–Trinajstić information content (AvgIpc) is 3.37. The molecule has 8 nitrogen and oxygen atoms in total. The quantitative estimate of drug-likeness (QED) is 0.429. The molecule has 0 amide bonds. The Morgan fingerprint density at radius 3 is 2.53 bits per heavy atom. The smallest absolute Gasteiger partial charge is 0.309 e. The number of esters is 2.